The van der Waals surface area contributed by atoms with E-state index in [1.165, 1.54) is 20.8 Å². The first-order valence-corrected chi connectivity index (χ1v) is 6.83. The van der Waals surface area contributed by atoms with E-state index in [1.54, 1.807) is 0 Å². The Morgan fingerprint density at radius 3 is 2.17 bits per heavy atom. The zero-order valence-electron chi connectivity index (χ0n) is 12.8. The van der Waals surface area contributed by atoms with E-state index in [-0.39, 0.29) is 5.56 Å². The average Bonchev–Trinajstić information content (AvgIpc) is 2.78. The Kier molecular flexibility index (Phi) is 4.00. The van der Waals surface area contributed by atoms with Gasteiger partial charge in [0.15, 0.2) is 5.72 Å². The van der Waals surface area contributed by atoms with Crippen molar-refractivity contribution in [2.24, 2.45) is 10.5 Å². The number of halogens is 4. The maximum Gasteiger partial charge on any atom is 0.431 e. The second-order valence-corrected chi connectivity index (χ2v) is 6.41. The number of carbonyl (C=O) groups is 1. The van der Waals surface area contributed by atoms with Crippen molar-refractivity contribution in [3.05, 3.63) is 35.6 Å². The van der Waals surface area contributed by atoms with Crippen LogP contribution in [0.4, 0.5) is 17.6 Å². The third-order valence-electron chi connectivity index (χ3n) is 3.80. The molecule has 1 atom stereocenters. The van der Waals surface area contributed by atoms with Crippen LogP contribution in [0.2, 0.25) is 0 Å². The molecular weight excluding hydrogens is 316 g/mol. The van der Waals surface area contributed by atoms with E-state index in [0.717, 1.165) is 24.3 Å². The fourth-order valence-corrected chi connectivity index (χ4v) is 2.22. The third kappa shape index (κ3) is 3.08. The van der Waals surface area contributed by atoms with Crippen LogP contribution in [-0.2, 0) is 0 Å². The normalized spacial score (nSPS) is 22.3. The SMILES string of the molecule is CC(C)(C)[C@]1(O)CC(C(F)(F)F)=NN1C(=O)c1ccc(F)cc1. The zero-order chi connectivity index (χ0) is 17.6. The van der Waals surface area contributed by atoms with Crippen molar-refractivity contribution in [2.75, 3.05) is 0 Å². The Bertz CT molecular complexity index is 647. The topological polar surface area (TPSA) is 52.9 Å². The lowest BCUT2D eigenvalue weighted by Crippen LogP contribution is -2.55. The number of nitrogens with zero attached hydrogens (tertiary/aromatic N) is 2. The van der Waals surface area contributed by atoms with Crippen molar-refractivity contribution < 1.29 is 27.5 Å². The summed E-state index contributed by atoms with van der Waals surface area (Å²) in [4.78, 5) is 12.5. The summed E-state index contributed by atoms with van der Waals surface area (Å²) in [6.45, 7) is 4.52. The van der Waals surface area contributed by atoms with E-state index in [4.69, 9.17) is 0 Å². The van der Waals surface area contributed by atoms with Crippen molar-refractivity contribution in [2.45, 2.75) is 39.1 Å². The van der Waals surface area contributed by atoms with Crippen LogP contribution in [0.3, 0.4) is 0 Å². The van der Waals surface area contributed by atoms with E-state index < -0.39 is 41.2 Å². The van der Waals surface area contributed by atoms with Gasteiger partial charge in [-0.3, -0.25) is 4.79 Å². The van der Waals surface area contributed by atoms with Gasteiger partial charge in [-0.25, -0.2) is 4.39 Å². The molecule has 0 aliphatic carbocycles. The molecule has 0 fully saturated rings. The molecule has 0 bridgehead atoms. The summed E-state index contributed by atoms with van der Waals surface area (Å²) in [6, 6.07) is 4.27. The van der Waals surface area contributed by atoms with E-state index in [0.29, 0.717) is 5.01 Å². The largest absolute Gasteiger partial charge is 0.431 e. The van der Waals surface area contributed by atoms with Gasteiger partial charge < -0.3 is 5.11 Å². The van der Waals surface area contributed by atoms with E-state index in [2.05, 4.69) is 5.10 Å². The molecule has 0 unspecified atom stereocenters. The van der Waals surface area contributed by atoms with Crippen LogP contribution in [0, 0.1) is 11.2 Å². The van der Waals surface area contributed by atoms with Gasteiger partial charge in [-0.1, -0.05) is 20.8 Å². The molecule has 8 heteroatoms. The fraction of sp³-hybridized carbons (Fsp3) is 0.467. The van der Waals surface area contributed by atoms with E-state index in [1.807, 2.05) is 0 Å². The van der Waals surface area contributed by atoms with Gasteiger partial charge in [0, 0.05) is 17.4 Å². The lowest BCUT2D eigenvalue weighted by atomic mass is 9.80. The quantitative estimate of drug-likeness (QED) is 0.802. The highest BCUT2D eigenvalue weighted by Gasteiger charge is 2.57. The molecular formula is C15H16F4N2O2. The summed E-state index contributed by atoms with van der Waals surface area (Å²) in [5.74, 6) is -1.52. The highest BCUT2D eigenvalue weighted by molar-refractivity contribution is 5.99. The standard InChI is InChI=1S/C15H16F4N2O2/c1-13(2,3)14(23)8-11(15(17,18)19)20-21(14)12(22)9-4-6-10(16)7-5-9/h4-7,23H,8H2,1-3H3/t14-/m1/s1. The molecule has 0 spiro atoms. The number of hydrogen-bond acceptors (Lipinski definition) is 3. The molecule has 0 saturated carbocycles. The molecule has 23 heavy (non-hydrogen) atoms. The van der Waals surface area contributed by atoms with E-state index >= 15 is 0 Å². The van der Waals surface area contributed by atoms with Gasteiger partial charge in [0.2, 0.25) is 0 Å². The average molecular weight is 332 g/mol. The second kappa shape index (κ2) is 5.30. The fourth-order valence-electron chi connectivity index (χ4n) is 2.22. The first-order chi connectivity index (χ1) is 10.4. The van der Waals surface area contributed by atoms with Crippen LogP contribution < -0.4 is 0 Å². The number of hydrazone groups is 1. The first-order valence-electron chi connectivity index (χ1n) is 6.83. The highest BCUT2D eigenvalue weighted by atomic mass is 19.4. The lowest BCUT2D eigenvalue weighted by Gasteiger charge is -2.41. The Labute approximate surface area is 130 Å². The molecule has 0 aromatic heterocycles. The van der Waals surface area contributed by atoms with Crippen LogP contribution in [0.1, 0.15) is 37.6 Å². The van der Waals surface area contributed by atoms with Gasteiger partial charge in [-0.05, 0) is 24.3 Å². The molecule has 126 valence electrons. The molecule has 1 amide bonds. The van der Waals surface area contributed by atoms with E-state index in [9.17, 15) is 27.5 Å². The summed E-state index contributed by atoms with van der Waals surface area (Å²) in [6.07, 6.45) is -5.58. The van der Waals surface area contributed by atoms with Crippen molar-refractivity contribution >= 4 is 11.6 Å². The first kappa shape index (κ1) is 17.4. The van der Waals surface area contributed by atoms with Crippen LogP contribution in [-0.4, -0.2) is 33.6 Å². The summed E-state index contributed by atoms with van der Waals surface area (Å²) >= 11 is 0. The molecule has 0 saturated heterocycles. The number of alkyl halides is 3. The van der Waals surface area contributed by atoms with Crippen molar-refractivity contribution in [3.8, 4) is 0 Å². The highest BCUT2D eigenvalue weighted by Crippen LogP contribution is 2.43. The molecule has 0 radical (unpaired) electrons. The van der Waals surface area contributed by atoms with Gasteiger partial charge in [0.25, 0.3) is 5.91 Å². The number of benzene rings is 1. The Balaban J connectivity index is 2.48. The van der Waals surface area contributed by atoms with Crippen LogP contribution in [0.5, 0.6) is 0 Å². The molecule has 1 aromatic carbocycles. The Morgan fingerprint density at radius 2 is 1.74 bits per heavy atom. The summed E-state index contributed by atoms with van der Waals surface area (Å²) in [5, 5.41) is 14.5. The minimum absolute atomic E-state index is 0.0683. The molecule has 4 nitrogen and oxygen atoms in total. The molecule has 1 aromatic rings. The van der Waals surface area contributed by atoms with Gasteiger partial charge in [0.05, 0.1) is 0 Å². The zero-order valence-corrected chi connectivity index (χ0v) is 12.8. The minimum atomic E-state index is -4.75. The minimum Gasteiger partial charge on any atom is -0.368 e. The summed E-state index contributed by atoms with van der Waals surface area (Å²) in [7, 11) is 0. The maximum absolute atomic E-state index is 13.0. The van der Waals surface area contributed by atoms with Crippen LogP contribution in [0.15, 0.2) is 29.4 Å². The molecule has 1 aliphatic heterocycles. The number of hydrogen-bond donors (Lipinski definition) is 1. The second-order valence-electron chi connectivity index (χ2n) is 6.41. The number of aliphatic hydroxyl groups is 1. The van der Waals surface area contributed by atoms with Crippen molar-refractivity contribution in [3.63, 3.8) is 0 Å². The predicted octanol–water partition coefficient (Wildman–Crippen LogP) is 3.32. The van der Waals surface area contributed by atoms with Crippen LogP contribution >= 0.6 is 0 Å². The van der Waals surface area contributed by atoms with Gasteiger partial charge >= 0.3 is 6.18 Å². The maximum atomic E-state index is 13.0. The number of carbonyl (C=O) groups excluding carboxylic acids is 1. The third-order valence-corrected chi connectivity index (χ3v) is 3.80. The molecule has 1 heterocycles. The summed E-state index contributed by atoms with van der Waals surface area (Å²) in [5.41, 5.74) is -4.52. The van der Waals surface area contributed by atoms with Crippen molar-refractivity contribution in [1.29, 1.82) is 0 Å². The molecule has 1 N–H and O–H groups in total. The Hall–Kier alpha value is -1.96. The van der Waals surface area contributed by atoms with Crippen molar-refractivity contribution in [1.82, 2.24) is 5.01 Å². The van der Waals surface area contributed by atoms with Gasteiger partial charge in [-0.15, -0.1) is 0 Å². The smallest absolute Gasteiger partial charge is 0.368 e. The summed E-state index contributed by atoms with van der Waals surface area (Å²) < 4.78 is 51.8. The Morgan fingerprint density at radius 1 is 1.22 bits per heavy atom. The lowest BCUT2D eigenvalue weighted by molar-refractivity contribution is -0.144. The van der Waals surface area contributed by atoms with Gasteiger partial charge in [-0.2, -0.15) is 23.3 Å². The van der Waals surface area contributed by atoms with Gasteiger partial charge in [0.1, 0.15) is 11.5 Å². The molecule has 1 aliphatic rings. The molecule has 2 rings (SSSR count). The number of rotatable bonds is 1. The number of amides is 1. The van der Waals surface area contributed by atoms with Crippen LogP contribution in [0.25, 0.3) is 0 Å². The monoisotopic (exact) mass is 332 g/mol. The predicted molar refractivity (Wildman–Crippen MR) is 75.1 cm³/mol.